The highest BCUT2D eigenvalue weighted by Gasteiger charge is 2.17. The second-order valence-electron chi connectivity index (χ2n) is 8.56. The third-order valence-corrected chi connectivity index (χ3v) is 4.73. The lowest BCUT2D eigenvalue weighted by Gasteiger charge is -2.21. The zero-order chi connectivity index (χ0) is 25.8. The summed E-state index contributed by atoms with van der Waals surface area (Å²) < 4.78 is 28.6. The fourth-order valence-corrected chi connectivity index (χ4v) is 3.09. The van der Waals surface area contributed by atoms with E-state index < -0.39 is 17.7 Å². The predicted molar refractivity (Wildman–Crippen MR) is 135 cm³/mol. The van der Waals surface area contributed by atoms with E-state index in [1.54, 1.807) is 6.20 Å². The van der Waals surface area contributed by atoms with Crippen molar-refractivity contribution in [1.29, 1.82) is 5.41 Å². The first-order valence-electron chi connectivity index (χ1n) is 10.4. The lowest BCUT2D eigenvalue weighted by molar-refractivity contribution is 0.262. The van der Waals surface area contributed by atoms with Crippen LogP contribution in [0.25, 0.3) is 5.57 Å². The van der Waals surface area contributed by atoms with Gasteiger partial charge in [0.05, 0.1) is 17.1 Å². The average Bonchev–Trinajstić information content (AvgIpc) is 2.74. The van der Waals surface area contributed by atoms with Gasteiger partial charge in [0, 0.05) is 34.2 Å². The van der Waals surface area contributed by atoms with Crippen LogP contribution in [0.15, 0.2) is 54.9 Å². The number of hydrogen-bond donors (Lipinski definition) is 5. The van der Waals surface area contributed by atoms with E-state index >= 15 is 0 Å². The summed E-state index contributed by atoms with van der Waals surface area (Å²) in [5.74, 6) is -1.39. The van der Waals surface area contributed by atoms with Gasteiger partial charge < -0.3 is 21.7 Å². The summed E-state index contributed by atoms with van der Waals surface area (Å²) in [4.78, 5) is 20.3. The van der Waals surface area contributed by atoms with Gasteiger partial charge in [0.25, 0.3) is 0 Å². The quantitative estimate of drug-likeness (QED) is 0.289. The molecule has 0 saturated heterocycles. The van der Waals surface area contributed by atoms with Gasteiger partial charge in [-0.1, -0.05) is 11.6 Å². The summed E-state index contributed by atoms with van der Waals surface area (Å²) in [7, 11) is 0. The first-order valence-corrected chi connectivity index (χ1v) is 10.8. The minimum atomic E-state index is -0.792. The van der Waals surface area contributed by atoms with Crippen molar-refractivity contribution in [1.82, 2.24) is 15.3 Å². The first kappa shape index (κ1) is 25.6. The molecule has 3 rings (SSSR count). The Balaban J connectivity index is 1.93. The monoisotopic (exact) mass is 499 g/mol. The van der Waals surface area contributed by atoms with Crippen molar-refractivity contribution in [2.24, 2.45) is 0 Å². The molecule has 0 spiro atoms. The molecule has 3 aromatic rings. The summed E-state index contributed by atoms with van der Waals surface area (Å²) in [5.41, 5.74) is 6.07. The maximum atomic E-state index is 14.6. The number of halogens is 3. The maximum Gasteiger partial charge on any atom is 0.323 e. The first-order chi connectivity index (χ1) is 16.4. The maximum absolute atomic E-state index is 14.6. The van der Waals surface area contributed by atoms with Gasteiger partial charge in [0.1, 0.15) is 11.6 Å². The molecular weight excluding hydrogens is 476 g/mol. The molecule has 35 heavy (non-hydrogen) atoms. The number of nitrogens with zero attached hydrogens (tertiary/aromatic N) is 2. The Hall–Kier alpha value is -4.05. The van der Waals surface area contributed by atoms with Crippen LogP contribution in [-0.2, 0) is 0 Å². The van der Waals surface area contributed by atoms with Gasteiger partial charge in [-0.2, -0.15) is 0 Å². The van der Waals surface area contributed by atoms with E-state index in [9.17, 15) is 13.6 Å². The van der Waals surface area contributed by atoms with E-state index in [1.165, 1.54) is 36.5 Å². The fourth-order valence-electron chi connectivity index (χ4n) is 2.93. The number of nitrogens with one attached hydrogen (secondary N) is 4. The molecule has 11 heteroatoms. The van der Waals surface area contributed by atoms with Gasteiger partial charge in [-0.05, 0) is 68.8 Å². The molecule has 0 bridgehead atoms. The largest absolute Gasteiger partial charge is 0.386 e. The molecule has 0 aliphatic rings. The van der Waals surface area contributed by atoms with Crippen LogP contribution in [-0.4, -0.2) is 27.2 Å². The Morgan fingerprint density at radius 1 is 1.11 bits per heavy atom. The minimum absolute atomic E-state index is 0.0110. The van der Waals surface area contributed by atoms with Crippen LogP contribution < -0.4 is 21.7 Å². The smallest absolute Gasteiger partial charge is 0.323 e. The molecule has 6 N–H and O–H groups in total. The lowest BCUT2D eigenvalue weighted by Crippen LogP contribution is -2.32. The van der Waals surface area contributed by atoms with Crippen LogP contribution in [0.2, 0.25) is 5.02 Å². The Morgan fingerprint density at radius 2 is 1.86 bits per heavy atom. The highest BCUT2D eigenvalue weighted by atomic mass is 35.5. The van der Waals surface area contributed by atoms with E-state index in [-0.39, 0.29) is 44.9 Å². The van der Waals surface area contributed by atoms with Gasteiger partial charge >= 0.3 is 6.03 Å². The molecule has 1 heterocycles. The molecule has 1 aromatic heterocycles. The van der Waals surface area contributed by atoms with Crippen molar-refractivity contribution in [2.45, 2.75) is 26.3 Å². The highest BCUT2D eigenvalue weighted by Crippen LogP contribution is 2.25. The molecule has 0 saturated carbocycles. The van der Waals surface area contributed by atoms with Crippen molar-refractivity contribution in [3.05, 3.63) is 82.8 Å². The van der Waals surface area contributed by atoms with Crippen molar-refractivity contribution < 1.29 is 13.6 Å². The minimum Gasteiger partial charge on any atom is -0.386 e. The zero-order valence-corrected chi connectivity index (χ0v) is 20.0. The van der Waals surface area contributed by atoms with Crippen LogP contribution in [0.3, 0.4) is 0 Å². The van der Waals surface area contributed by atoms with E-state index in [4.69, 9.17) is 22.7 Å². The van der Waals surface area contributed by atoms with Crippen molar-refractivity contribution in [3.63, 3.8) is 0 Å². The molecule has 0 atom stereocenters. The SMILES string of the molecule is CC(C)(C)N/C=C(\C(=N)c1ccnc(N)n1)c1cc(F)cc(NC(=O)Nc2ccc(Cl)cc2F)c1. The number of amides is 2. The highest BCUT2D eigenvalue weighted by molar-refractivity contribution is 6.30. The average molecular weight is 500 g/mol. The van der Waals surface area contributed by atoms with Gasteiger partial charge in [-0.15, -0.1) is 0 Å². The number of nitrogen functional groups attached to an aromatic ring is 1. The number of allylic oxidation sites excluding steroid dienone is 1. The number of aromatic nitrogens is 2. The number of benzene rings is 2. The number of hydrogen-bond acceptors (Lipinski definition) is 6. The van der Waals surface area contributed by atoms with E-state index in [1.807, 2.05) is 20.8 Å². The summed E-state index contributed by atoms with van der Waals surface area (Å²) in [6, 6.07) is 8.31. The number of carbonyl (C=O) groups is 1. The summed E-state index contributed by atoms with van der Waals surface area (Å²) in [5, 5.41) is 16.8. The number of rotatable bonds is 6. The van der Waals surface area contributed by atoms with Crippen LogP contribution in [0, 0.1) is 17.0 Å². The van der Waals surface area contributed by atoms with Gasteiger partial charge in [-0.25, -0.2) is 23.5 Å². The molecule has 0 aliphatic heterocycles. The second-order valence-corrected chi connectivity index (χ2v) is 9.00. The van der Waals surface area contributed by atoms with Crippen molar-refractivity contribution in [2.75, 3.05) is 16.4 Å². The lowest BCUT2D eigenvalue weighted by atomic mass is 9.98. The fraction of sp³-hybridized carbons (Fsp3) is 0.167. The molecule has 0 fully saturated rings. The Labute approximate surface area is 206 Å². The third-order valence-electron chi connectivity index (χ3n) is 4.50. The van der Waals surface area contributed by atoms with Crippen molar-refractivity contribution in [3.8, 4) is 0 Å². The second kappa shape index (κ2) is 10.5. The number of carbonyl (C=O) groups excluding carboxylic acids is 1. The molecular formula is C24H24ClF2N7O. The van der Waals surface area contributed by atoms with Crippen LogP contribution in [0.1, 0.15) is 32.0 Å². The molecule has 2 aromatic carbocycles. The molecule has 0 aliphatic carbocycles. The molecule has 8 nitrogen and oxygen atoms in total. The Morgan fingerprint density at radius 3 is 2.51 bits per heavy atom. The van der Waals surface area contributed by atoms with Crippen LogP contribution in [0.5, 0.6) is 0 Å². The summed E-state index contributed by atoms with van der Waals surface area (Å²) in [6.07, 6.45) is 2.99. The third kappa shape index (κ3) is 7.21. The van der Waals surface area contributed by atoms with Crippen LogP contribution >= 0.6 is 11.6 Å². The number of nitrogens with two attached hydrogens (primary N) is 1. The van der Waals surface area contributed by atoms with E-state index in [0.29, 0.717) is 5.57 Å². The molecule has 2 amide bonds. The van der Waals surface area contributed by atoms with Gasteiger partial charge in [0.15, 0.2) is 0 Å². The molecule has 0 unspecified atom stereocenters. The topological polar surface area (TPSA) is 129 Å². The van der Waals surface area contributed by atoms with Gasteiger partial charge in [-0.3, -0.25) is 5.41 Å². The van der Waals surface area contributed by atoms with E-state index in [0.717, 1.165) is 12.1 Å². The number of urea groups is 1. The predicted octanol–water partition coefficient (Wildman–Crippen LogP) is 5.43. The molecule has 0 radical (unpaired) electrons. The number of anilines is 3. The standard InChI is InChI=1S/C24H24ClF2N7O/c1-24(2,3)31-12-17(21(28)20-6-7-30-22(29)33-20)13-8-15(26)11-16(9-13)32-23(35)34-19-5-4-14(25)10-18(19)27/h4-12,28,31H,1-3H3,(H2,29,30,33)(H2,32,34,35)/b17-12-,28-21?. The summed E-state index contributed by atoms with van der Waals surface area (Å²) >= 11 is 5.73. The van der Waals surface area contributed by atoms with Crippen LogP contribution in [0.4, 0.5) is 30.9 Å². The summed E-state index contributed by atoms with van der Waals surface area (Å²) in [6.45, 7) is 5.77. The van der Waals surface area contributed by atoms with Crippen molar-refractivity contribution >= 4 is 46.2 Å². The Bertz CT molecular complexity index is 1310. The van der Waals surface area contributed by atoms with Gasteiger partial charge in [0.2, 0.25) is 5.95 Å². The Kier molecular flexibility index (Phi) is 7.65. The zero-order valence-electron chi connectivity index (χ0n) is 19.2. The normalized spacial score (nSPS) is 11.7. The molecule has 182 valence electrons. The van der Waals surface area contributed by atoms with E-state index in [2.05, 4.69) is 25.9 Å².